The minimum Gasteiger partial charge on any atom is -0.755 e. The lowest BCUT2D eigenvalue weighted by atomic mass is 10.1. The normalized spacial score (nSPS) is 11.8. The molecular formula is C19H18ClF2N6O3S2-. The molecule has 14 heteroatoms. The summed E-state index contributed by atoms with van der Waals surface area (Å²) in [5.74, 6) is -2.85. The molecule has 3 aromatic rings. The standard InChI is InChI=1S/C19H19ClF2N6O3S2/c1-2-23-5-6-24-15-7-11(20)3-4-12(15)18(29)27-16-8-14(22)17(9-13(16)21)28(33(30)31)19-25-10-26-32-19/h3-4,7-10,23-24H,2,5-6H2,1H3,(H,27,29)(H,30,31)/p-1. The monoisotopic (exact) mass is 515 g/mol. The van der Waals surface area contributed by atoms with E-state index in [0.717, 1.165) is 12.9 Å². The first-order valence-electron chi connectivity index (χ1n) is 9.52. The molecule has 33 heavy (non-hydrogen) atoms. The Labute approximate surface area is 199 Å². The maximum Gasteiger partial charge on any atom is 0.257 e. The molecule has 3 N–H and O–H groups in total. The summed E-state index contributed by atoms with van der Waals surface area (Å²) < 4.78 is 56.8. The van der Waals surface area contributed by atoms with Gasteiger partial charge in [0.05, 0.1) is 28.2 Å². The smallest absolute Gasteiger partial charge is 0.257 e. The van der Waals surface area contributed by atoms with Crippen LogP contribution in [0.5, 0.6) is 0 Å². The SMILES string of the molecule is CCNCCNc1cc(Cl)ccc1C(=O)Nc1cc(F)c(N(c2ncns2)S(=O)[O-])cc1F. The van der Waals surface area contributed by atoms with Crippen LogP contribution in [-0.4, -0.2) is 43.7 Å². The highest BCUT2D eigenvalue weighted by Gasteiger charge is 2.22. The summed E-state index contributed by atoms with van der Waals surface area (Å²) in [5, 5.41) is 8.72. The van der Waals surface area contributed by atoms with Crippen LogP contribution in [0.15, 0.2) is 36.7 Å². The number of nitrogens with one attached hydrogen (secondary N) is 3. The van der Waals surface area contributed by atoms with E-state index in [0.29, 0.717) is 51.8 Å². The summed E-state index contributed by atoms with van der Waals surface area (Å²) in [6, 6.07) is 5.84. The van der Waals surface area contributed by atoms with Crippen molar-refractivity contribution in [1.29, 1.82) is 0 Å². The number of aromatic nitrogens is 2. The fourth-order valence-corrected chi connectivity index (χ4v) is 4.19. The van der Waals surface area contributed by atoms with E-state index in [9.17, 15) is 22.3 Å². The zero-order valence-corrected chi connectivity index (χ0v) is 19.5. The van der Waals surface area contributed by atoms with Crippen LogP contribution < -0.4 is 20.3 Å². The molecule has 0 aliphatic carbocycles. The Bertz CT molecular complexity index is 1150. The second kappa shape index (κ2) is 11.4. The van der Waals surface area contributed by atoms with E-state index in [2.05, 4.69) is 25.3 Å². The number of carbonyl (C=O) groups excluding carboxylic acids is 1. The lowest BCUT2D eigenvalue weighted by Gasteiger charge is -2.24. The number of halogens is 3. The molecule has 0 bridgehead atoms. The molecule has 0 saturated carbocycles. The summed E-state index contributed by atoms with van der Waals surface area (Å²) in [5.41, 5.74) is -0.493. The van der Waals surface area contributed by atoms with Crippen LogP contribution in [0.4, 0.5) is 31.0 Å². The van der Waals surface area contributed by atoms with Crippen molar-refractivity contribution < 1.29 is 22.3 Å². The molecule has 1 aromatic heterocycles. The van der Waals surface area contributed by atoms with E-state index in [1.165, 1.54) is 12.1 Å². The second-order valence-electron chi connectivity index (χ2n) is 6.44. The first-order valence-corrected chi connectivity index (χ1v) is 11.7. The number of hydrogen-bond donors (Lipinski definition) is 3. The minimum atomic E-state index is -2.99. The van der Waals surface area contributed by atoms with Gasteiger partial charge in [0.1, 0.15) is 18.0 Å². The lowest BCUT2D eigenvalue weighted by Crippen LogP contribution is -2.23. The molecule has 1 unspecified atom stereocenters. The van der Waals surface area contributed by atoms with Crippen molar-refractivity contribution in [2.75, 3.05) is 34.6 Å². The Morgan fingerprint density at radius 1 is 1.21 bits per heavy atom. The van der Waals surface area contributed by atoms with E-state index in [1.807, 2.05) is 6.92 Å². The molecule has 0 saturated heterocycles. The van der Waals surface area contributed by atoms with Crippen molar-refractivity contribution >= 4 is 62.5 Å². The summed E-state index contributed by atoms with van der Waals surface area (Å²) in [6.07, 6.45) is 1.08. The highest BCUT2D eigenvalue weighted by atomic mass is 35.5. The van der Waals surface area contributed by atoms with Crippen molar-refractivity contribution in [3.63, 3.8) is 0 Å². The summed E-state index contributed by atoms with van der Waals surface area (Å²) in [7, 11) is 0. The van der Waals surface area contributed by atoms with Crippen LogP contribution in [0.1, 0.15) is 17.3 Å². The Kier molecular flexibility index (Phi) is 8.63. The number of amides is 1. The highest BCUT2D eigenvalue weighted by molar-refractivity contribution is 7.81. The summed E-state index contributed by atoms with van der Waals surface area (Å²) in [4.78, 5) is 16.5. The van der Waals surface area contributed by atoms with Gasteiger partial charge in [-0.15, -0.1) is 0 Å². The van der Waals surface area contributed by atoms with Crippen molar-refractivity contribution in [2.45, 2.75) is 6.92 Å². The summed E-state index contributed by atoms with van der Waals surface area (Å²) in [6.45, 7) is 3.87. The molecule has 0 aliphatic rings. The molecule has 1 amide bonds. The van der Waals surface area contributed by atoms with Gasteiger partial charge in [0.15, 0.2) is 0 Å². The molecule has 9 nitrogen and oxygen atoms in total. The van der Waals surface area contributed by atoms with Crippen LogP contribution in [0.25, 0.3) is 0 Å². The fourth-order valence-electron chi connectivity index (χ4n) is 2.80. The highest BCUT2D eigenvalue weighted by Crippen LogP contribution is 2.33. The molecule has 1 heterocycles. The molecule has 0 spiro atoms. The number of hydrogen-bond acceptors (Lipinski definition) is 8. The second-order valence-corrected chi connectivity index (χ2v) is 8.44. The maximum atomic E-state index is 14.7. The third kappa shape index (κ3) is 6.21. The molecule has 3 rings (SSSR count). The van der Waals surface area contributed by atoms with E-state index in [1.54, 1.807) is 6.07 Å². The molecule has 0 aliphatic heterocycles. The molecule has 176 valence electrons. The zero-order chi connectivity index (χ0) is 24.0. The Balaban J connectivity index is 1.85. The van der Waals surface area contributed by atoms with Gasteiger partial charge in [0.2, 0.25) is 5.13 Å². The van der Waals surface area contributed by atoms with Crippen molar-refractivity contribution in [2.24, 2.45) is 0 Å². The third-order valence-electron chi connectivity index (χ3n) is 4.27. The van der Waals surface area contributed by atoms with Gasteiger partial charge in [0, 0.05) is 47.5 Å². The average molecular weight is 516 g/mol. The predicted octanol–water partition coefficient (Wildman–Crippen LogP) is 3.68. The van der Waals surface area contributed by atoms with Crippen LogP contribution in [0.3, 0.4) is 0 Å². The van der Waals surface area contributed by atoms with E-state index in [4.69, 9.17) is 11.6 Å². The van der Waals surface area contributed by atoms with Crippen LogP contribution >= 0.6 is 23.1 Å². The first kappa shape index (κ1) is 24.9. The topological polar surface area (TPSA) is 122 Å². The average Bonchev–Trinajstić information content (AvgIpc) is 3.28. The van der Waals surface area contributed by atoms with Gasteiger partial charge in [-0.3, -0.25) is 9.00 Å². The van der Waals surface area contributed by atoms with Gasteiger partial charge >= 0.3 is 0 Å². The predicted molar refractivity (Wildman–Crippen MR) is 124 cm³/mol. The Morgan fingerprint density at radius 2 is 2.00 bits per heavy atom. The van der Waals surface area contributed by atoms with Gasteiger partial charge in [-0.05, 0) is 24.7 Å². The quantitative estimate of drug-likeness (QED) is 0.278. The minimum absolute atomic E-state index is 0.163. The Hall–Kier alpha value is -2.71. The van der Waals surface area contributed by atoms with E-state index >= 15 is 0 Å². The van der Waals surface area contributed by atoms with Crippen molar-refractivity contribution in [3.8, 4) is 0 Å². The number of rotatable bonds is 10. The first-order chi connectivity index (χ1) is 15.8. The molecule has 2 aromatic carbocycles. The third-order valence-corrected chi connectivity index (χ3v) is 5.94. The van der Waals surface area contributed by atoms with E-state index < -0.39 is 40.2 Å². The van der Waals surface area contributed by atoms with Crippen LogP contribution in [0.2, 0.25) is 5.02 Å². The summed E-state index contributed by atoms with van der Waals surface area (Å²) >= 11 is 3.72. The maximum absolute atomic E-state index is 14.7. The number of carbonyl (C=O) groups is 1. The number of nitrogens with zero attached hydrogens (tertiary/aromatic N) is 3. The van der Waals surface area contributed by atoms with Gasteiger partial charge in [0.25, 0.3) is 5.91 Å². The molecular weight excluding hydrogens is 498 g/mol. The lowest BCUT2D eigenvalue weighted by molar-refractivity contribution is 0.102. The Morgan fingerprint density at radius 3 is 2.67 bits per heavy atom. The van der Waals surface area contributed by atoms with Gasteiger partial charge in [-0.2, -0.15) is 4.37 Å². The van der Waals surface area contributed by atoms with Gasteiger partial charge < -0.3 is 20.5 Å². The fraction of sp³-hybridized carbons (Fsp3) is 0.211. The van der Waals surface area contributed by atoms with Crippen molar-refractivity contribution in [3.05, 3.63) is 58.9 Å². The molecule has 0 radical (unpaired) electrons. The molecule has 1 atom stereocenters. The largest absolute Gasteiger partial charge is 0.755 e. The van der Waals surface area contributed by atoms with Crippen LogP contribution in [0, 0.1) is 11.6 Å². The van der Waals surface area contributed by atoms with Crippen LogP contribution in [-0.2, 0) is 11.3 Å². The number of likely N-dealkylation sites (N-methyl/N-ethyl adjacent to an activating group) is 1. The number of anilines is 4. The van der Waals surface area contributed by atoms with Gasteiger partial charge in [-0.25, -0.2) is 18.1 Å². The van der Waals surface area contributed by atoms with E-state index in [-0.39, 0.29) is 10.7 Å². The van der Waals surface area contributed by atoms with Crippen molar-refractivity contribution in [1.82, 2.24) is 14.7 Å². The molecule has 0 fully saturated rings. The van der Waals surface area contributed by atoms with Gasteiger partial charge in [-0.1, -0.05) is 18.5 Å². The zero-order valence-electron chi connectivity index (χ0n) is 17.1. The number of benzene rings is 2.